The van der Waals surface area contributed by atoms with Crippen LogP contribution in [-0.2, 0) is 19.7 Å². The summed E-state index contributed by atoms with van der Waals surface area (Å²) < 4.78 is 37.3. The molecule has 0 spiro atoms. The van der Waals surface area contributed by atoms with Crippen LogP contribution >= 0.6 is 12.4 Å². The molecule has 0 aromatic heterocycles. The molecule has 0 aliphatic rings. The summed E-state index contributed by atoms with van der Waals surface area (Å²) in [7, 11) is -0.410. The van der Waals surface area contributed by atoms with Crippen molar-refractivity contribution in [2.75, 3.05) is 53.6 Å². The molecule has 0 fully saturated rings. The maximum atomic E-state index is 11.9. The van der Waals surface area contributed by atoms with E-state index in [1.54, 1.807) is 0 Å². The molecule has 0 radical (unpaired) electrons. The van der Waals surface area contributed by atoms with E-state index in [1.807, 2.05) is 0 Å². The van der Waals surface area contributed by atoms with Gasteiger partial charge in [-0.15, -0.1) is 12.4 Å². The predicted molar refractivity (Wildman–Crippen MR) is 73.2 cm³/mol. The van der Waals surface area contributed by atoms with Crippen LogP contribution in [0.3, 0.4) is 0 Å². The molecule has 0 amide bonds. The van der Waals surface area contributed by atoms with E-state index in [0.29, 0.717) is 45.8 Å². The summed E-state index contributed by atoms with van der Waals surface area (Å²) in [5.74, 6) is 0. The standard InChI is InChI=1S/C9H23N3O4S.ClH/c1-15-8-6-12(7-9-16-2)17(13,14)11-5-3-4-10;/h11H,3-10H2,1-2H3;1H. The lowest BCUT2D eigenvalue weighted by atomic mass is 10.4. The Bertz CT molecular complexity index is 269. The molecule has 3 N–H and O–H groups in total. The lowest BCUT2D eigenvalue weighted by molar-refractivity contribution is 0.149. The Balaban J connectivity index is 0. The van der Waals surface area contributed by atoms with Gasteiger partial charge < -0.3 is 15.2 Å². The second-order valence-corrected chi connectivity index (χ2v) is 5.18. The minimum atomic E-state index is -3.47. The maximum Gasteiger partial charge on any atom is 0.279 e. The molecule has 0 heterocycles. The number of halogens is 1. The molecular formula is C9H24ClN3O4S. The van der Waals surface area contributed by atoms with Crippen molar-refractivity contribution >= 4 is 22.6 Å². The topological polar surface area (TPSA) is 93.9 Å². The van der Waals surface area contributed by atoms with Crippen molar-refractivity contribution in [3.05, 3.63) is 0 Å². The van der Waals surface area contributed by atoms with Crippen molar-refractivity contribution < 1.29 is 17.9 Å². The SMILES string of the molecule is COCCN(CCOC)S(=O)(=O)NCCCN.Cl. The molecule has 0 rings (SSSR count). The molecule has 0 aromatic rings. The Labute approximate surface area is 116 Å². The molecule has 0 aliphatic heterocycles. The van der Waals surface area contributed by atoms with Crippen molar-refractivity contribution in [2.24, 2.45) is 5.73 Å². The third kappa shape index (κ3) is 9.03. The number of hydrogen-bond acceptors (Lipinski definition) is 5. The Hall–Kier alpha value is 0.0400. The first-order valence-electron chi connectivity index (χ1n) is 5.51. The van der Waals surface area contributed by atoms with Crippen LogP contribution in [0, 0.1) is 0 Å². The lowest BCUT2D eigenvalue weighted by Gasteiger charge is -2.21. The summed E-state index contributed by atoms with van der Waals surface area (Å²) in [4.78, 5) is 0. The zero-order chi connectivity index (χ0) is 13.1. The van der Waals surface area contributed by atoms with Crippen molar-refractivity contribution in [1.29, 1.82) is 0 Å². The van der Waals surface area contributed by atoms with Crippen LogP contribution in [0.1, 0.15) is 6.42 Å². The number of nitrogens with two attached hydrogens (primary N) is 1. The molecule has 0 unspecified atom stereocenters. The van der Waals surface area contributed by atoms with Gasteiger partial charge in [0.25, 0.3) is 10.2 Å². The highest BCUT2D eigenvalue weighted by molar-refractivity contribution is 7.87. The Morgan fingerprint density at radius 2 is 1.67 bits per heavy atom. The summed E-state index contributed by atoms with van der Waals surface area (Å²) in [5, 5.41) is 0. The van der Waals surface area contributed by atoms with Crippen LogP contribution in [0.25, 0.3) is 0 Å². The van der Waals surface area contributed by atoms with Crippen LogP contribution in [0.2, 0.25) is 0 Å². The summed E-state index contributed by atoms with van der Waals surface area (Å²) >= 11 is 0. The zero-order valence-electron chi connectivity index (χ0n) is 10.9. The Morgan fingerprint density at radius 1 is 1.17 bits per heavy atom. The Morgan fingerprint density at radius 3 is 2.06 bits per heavy atom. The fraction of sp³-hybridized carbons (Fsp3) is 1.00. The van der Waals surface area contributed by atoms with E-state index < -0.39 is 10.2 Å². The molecule has 0 aromatic carbocycles. The maximum absolute atomic E-state index is 11.9. The monoisotopic (exact) mass is 305 g/mol. The lowest BCUT2D eigenvalue weighted by Crippen LogP contribution is -2.44. The molecule has 18 heavy (non-hydrogen) atoms. The quantitative estimate of drug-likeness (QED) is 0.487. The summed E-state index contributed by atoms with van der Waals surface area (Å²) in [6, 6.07) is 0. The van der Waals surface area contributed by atoms with Crippen molar-refractivity contribution in [3.63, 3.8) is 0 Å². The van der Waals surface area contributed by atoms with Gasteiger partial charge in [-0.3, -0.25) is 0 Å². The highest BCUT2D eigenvalue weighted by atomic mass is 35.5. The van der Waals surface area contributed by atoms with Gasteiger partial charge in [-0.05, 0) is 13.0 Å². The first-order valence-corrected chi connectivity index (χ1v) is 6.95. The van der Waals surface area contributed by atoms with E-state index in [4.69, 9.17) is 15.2 Å². The number of methoxy groups -OCH3 is 2. The second-order valence-electron chi connectivity index (χ2n) is 3.43. The smallest absolute Gasteiger partial charge is 0.279 e. The third-order valence-corrected chi connectivity index (χ3v) is 3.71. The van der Waals surface area contributed by atoms with Gasteiger partial charge in [0.15, 0.2) is 0 Å². The number of rotatable bonds is 11. The van der Waals surface area contributed by atoms with Gasteiger partial charge in [0, 0.05) is 33.9 Å². The van der Waals surface area contributed by atoms with Gasteiger partial charge >= 0.3 is 0 Å². The van der Waals surface area contributed by atoms with Crippen molar-refractivity contribution in [2.45, 2.75) is 6.42 Å². The number of ether oxygens (including phenoxy) is 2. The molecule has 0 bridgehead atoms. The van der Waals surface area contributed by atoms with Crippen LogP contribution in [0.15, 0.2) is 0 Å². The van der Waals surface area contributed by atoms with Gasteiger partial charge in [-0.25, -0.2) is 4.72 Å². The van der Waals surface area contributed by atoms with Gasteiger partial charge in [0.1, 0.15) is 0 Å². The van der Waals surface area contributed by atoms with E-state index in [2.05, 4.69) is 4.72 Å². The molecule has 112 valence electrons. The Kier molecular flexibility index (Phi) is 13.7. The minimum Gasteiger partial charge on any atom is -0.383 e. The molecule has 7 nitrogen and oxygen atoms in total. The molecule has 0 saturated heterocycles. The molecular weight excluding hydrogens is 282 g/mol. The number of nitrogens with zero attached hydrogens (tertiary/aromatic N) is 1. The summed E-state index contributed by atoms with van der Waals surface area (Å²) in [5.41, 5.74) is 5.31. The molecule has 9 heteroatoms. The minimum absolute atomic E-state index is 0. The van der Waals surface area contributed by atoms with E-state index in [-0.39, 0.29) is 12.4 Å². The number of hydrogen-bond donors (Lipinski definition) is 2. The number of nitrogens with one attached hydrogen (secondary N) is 1. The third-order valence-electron chi connectivity index (χ3n) is 2.09. The van der Waals surface area contributed by atoms with Crippen LogP contribution in [0.5, 0.6) is 0 Å². The molecule has 0 aliphatic carbocycles. The zero-order valence-corrected chi connectivity index (χ0v) is 12.6. The van der Waals surface area contributed by atoms with Crippen LogP contribution < -0.4 is 10.5 Å². The van der Waals surface area contributed by atoms with Crippen molar-refractivity contribution in [3.8, 4) is 0 Å². The van der Waals surface area contributed by atoms with E-state index >= 15 is 0 Å². The normalized spacial score (nSPS) is 11.6. The van der Waals surface area contributed by atoms with E-state index in [1.165, 1.54) is 18.5 Å². The predicted octanol–water partition coefficient (Wildman–Crippen LogP) is -0.814. The average Bonchev–Trinajstić information content (AvgIpc) is 2.29. The highest BCUT2D eigenvalue weighted by Gasteiger charge is 2.20. The second kappa shape index (κ2) is 12.1. The summed E-state index contributed by atoms with van der Waals surface area (Å²) in [6.45, 7) is 2.10. The van der Waals surface area contributed by atoms with E-state index in [0.717, 1.165) is 0 Å². The first kappa shape index (κ1) is 20.4. The highest BCUT2D eigenvalue weighted by Crippen LogP contribution is 1.98. The van der Waals surface area contributed by atoms with Gasteiger partial charge in [-0.1, -0.05) is 0 Å². The van der Waals surface area contributed by atoms with Crippen LogP contribution in [-0.4, -0.2) is 66.3 Å². The van der Waals surface area contributed by atoms with Gasteiger partial charge in [-0.2, -0.15) is 12.7 Å². The fourth-order valence-electron chi connectivity index (χ4n) is 1.13. The van der Waals surface area contributed by atoms with Crippen molar-refractivity contribution in [1.82, 2.24) is 9.03 Å². The largest absolute Gasteiger partial charge is 0.383 e. The summed E-state index contributed by atoms with van der Waals surface area (Å²) in [6.07, 6.45) is 0.613. The van der Waals surface area contributed by atoms with Gasteiger partial charge in [0.2, 0.25) is 0 Å². The van der Waals surface area contributed by atoms with Gasteiger partial charge in [0.05, 0.1) is 13.2 Å². The fourth-order valence-corrected chi connectivity index (χ4v) is 2.35. The molecule has 0 atom stereocenters. The van der Waals surface area contributed by atoms with Crippen LogP contribution in [0.4, 0.5) is 0 Å². The van der Waals surface area contributed by atoms with E-state index in [9.17, 15) is 8.42 Å². The molecule has 0 saturated carbocycles. The first-order chi connectivity index (χ1) is 8.08. The average molecular weight is 306 g/mol.